The minimum atomic E-state index is 0.376. The summed E-state index contributed by atoms with van der Waals surface area (Å²) >= 11 is 10.9. The fourth-order valence-corrected chi connectivity index (χ4v) is 2.33. The monoisotopic (exact) mass is 267 g/mol. The summed E-state index contributed by atoms with van der Waals surface area (Å²) < 4.78 is 1.18. The van der Waals surface area contributed by atoms with Crippen LogP contribution < -0.4 is 5.32 Å². The first-order valence-corrected chi connectivity index (χ1v) is 5.96. The molecule has 1 rings (SSSR count). The molecule has 0 aliphatic carbocycles. The van der Waals surface area contributed by atoms with E-state index in [1.807, 2.05) is 0 Å². The maximum absolute atomic E-state index is 5.66. The highest BCUT2D eigenvalue weighted by molar-refractivity contribution is 9.10. The molecular weight excluding hydrogens is 258 g/mol. The fourth-order valence-electron chi connectivity index (χ4n) is 0.773. The van der Waals surface area contributed by atoms with Gasteiger partial charge in [0.25, 0.3) is 0 Å². The Kier molecular flexibility index (Phi) is 4.57. The normalized spacial score (nSPS) is 13.2. The molecule has 0 aromatic carbocycles. The van der Waals surface area contributed by atoms with Crippen LogP contribution in [-0.4, -0.2) is 11.9 Å². The summed E-state index contributed by atoms with van der Waals surface area (Å²) in [5, 5.41) is 5.40. The van der Waals surface area contributed by atoms with Gasteiger partial charge in [-0.15, -0.1) is 22.9 Å². The molecule has 68 valence electrons. The zero-order valence-corrected chi connectivity index (χ0v) is 9.97. The van der Waals surface area contributed by atoms with Gasteiger partial charge in [0.2, 0.25) is 0 Å². The van der Waals surface area contributed by atoms with Gasteiger partial charge in [0.1, 0.15) is 0 Å². The van der Waals surface area contributed by atoms with Crippen molar-refractivity contribution in [2.75, 3.05) is 5.88 Å². The van der Waals surface area contributed by atoms with E-state index in [2.05, 4.69) is 39.6 Å². The molecule has 0 radical (unpaired) electrons. The number of alkyl halides is 1. The van der Waals surface area contributed by atoms with Crippen molar-refractivity contribution in [2.24, 2.45) is 0 Å². The lowest BCUT2D eigenvalue weighted by Crippen LogP contribution is -2.26. The largest absolute Gasteiger partial charge is 0.308 e. The molecule has 1 aromatic heterocycles. The highest BCUT2D eigenvalue weighted by atomic mass is 79.9. The molecule has 0 spiro atoms. The first-order chi connectivity index (χ1) is 5.74. The molecule has 1 nitrogen and oxygen atoms in total. The lowest BCUT2D eigenvalue weighted by Gasteiger charge is -2.08. The predicted molar refractivity (Wildman–Crippen MR) is 59.0 cm³/mol. The topological polar surface area (TPSA) is 12.0 Å². The molecule has 0 fully saturated rings. The molecular formula is C8H11BrClNS. The molecule has 1 heterocycles. The van der Waals surface area contributed by atoms with Gasteiger partial charge in [-0.2, -0.15) is 0 Å². The van der Waals surface area contributed by atoms with Gasteiger partial charge in [0.15, 0.2) is 0 Å². The van der Waals surface area contributed by atoms with Crippen molar-refractivity contribution in [3.05, 3.63) is 20.8 Å². The van der Waals surface area contributed by atoms with Crippen LogP contribution in [0.4, 0.5) is 0 Å². The van der Waals surface area contributed by atoms with Gasteiger partial charge < -0.3 is 5.32 Å². The maximum Gasteiger partial charge on any atom is 0.0374 e. The summed E-state index contributed by atoms with van der Waals surface area (Å²) in [6.07, 6.45) is 0. The summed E-state index contributed by atoms with van der Waals surface area (Å²) in [6, 6.07) is 2.44. The predicted octanol–water partition coefficient (Wildman–Crippen LogP) is 3.23. The second kappa shape index (κ2) is 5.22. The van der Waals surface area contributed by atoms with Crippen LogP contribution in [0.2, 0.25) is 0 Å². The molecule has 0 bridgehead atoms. The van der Waals surface area contributed by atoms with Crippen molar-refractivity contribution in [3.63, 3.8) is 0 Å². The van der Waals surface area contributed by atoms with E-state index in [9.17, 15) is 0 Å². The number of rotatable bonds is 4. The first-order valence-electron chi connectivity index (χ1n) is 3.75. The van der Waals surface area contributed by atoms with Crippen molar-refractivity contribution in [1.82, 2.24) is 5.32 Å². The van der Waals surface area contributed by atoms with Crippen molar-refractivity contribution in [2.45, 2.75) is 19.5 Å². The highest BCUT2D eigenvalue weighted by Crippen LogP contribution is 2.22. The maximum atomic E-state index is 5.66. The van der Waals surface area contributed by atoms with E-state index >= 15 is 0 Å². The van der Waals surface area contributed by atoms with Crippen LogP contribution in [0.3, 0.4) is 0 Å². The van der Waals surface area contributed by atoms with Gasteiger partial charge in [-0.05, 0) is 34.3 Å². The van der Waals surface area contributed by atoms with Crippen LogP contribution in [0.15, 0.2) is 15.9 Å². The lowest BCUT2D eigenvalue weighted by atomic mass is 10.3. The number of hydrogen-bond donors (Lipinski definition) is 1. The fraction of sp³-hybridized carbons (Fsp3) is 0.500. The Morgan fingerprint density at radius 3 is 3.00 bits per heavy atom. The molecule has 0 amide bonds. The summed E-state index contributed by atoms with van der Waals surface area (Å²) in [5.74, 6) is 0.656. The van der Waals surface area contributed by atoms with Gasteiger partial charge in [0.05, 0.1) is 0 Å². The number of thiophene rings is 1. The van der Waals surface area contributed by atoms with Gasteiger partial charge in [-0.3, -0.25) is 0 Å². The van der Waals surface area contributed by atoms with E-state index < -0.39 is 0 Å². The summed E-state index contributed by atoms with van der Waals surface area (Å²) in [7, 11) is 0. The first kappa shape index (κ1) is 10.5. The summed E-state index contributed by atoms with van der Waals surface area (Å²) in [5.41, 5.74) is 0. The second-order valence-electron chi connectivity index (χ2n) is 2.63. The second-order valence-corrected chi connectivity index (χ2v) is 4.79. The van der Waals surface area contributed by atoms with Crippen LogP contribution in [0.25, 0.3) is 0 Å². The third-order valence-corrected chi connectivity index (χ3v) is 3.92. The van der Waals surface area contributed by atoms with Gasteiger partial charge in [-0.1, -0.05) is 0 Å². The molecule has 0 saturated heterocycles. The summed E-state index contributed by atoms with van der Waals surface area (Å²) in [6.45, 7) is 2.97. The quantitative estimate of drug-likeness (QED) is 0.827. The summed E-state index contributed by atoms with van der Waals surface area (Å²) in [4.78, 5) is 1.33. The Hall–Kier alpha value is 0.430. The Balaban J connectivity index is 2.38. The molecule has 0 aliphatic heterocycles. The smallest absolute Gasteiger partial charge is 0.0374 e. The minimum absolute atomic E-state index is 0.376. The van der Waals surface area contributed by atoms with Crippen LogP contribution >= 0.6 is 38.9 Å². The zero-order valence-electron chi connectivity index (χ0n) is 6.81. The molecule has 12 heavy (non-hydrogen) atoms. The Morgan fingerprint density at radius 1 is 1.75 bits per heavy atom. The van der Waals surface area contributed by atoms with Gasteiger partial charge in [0, 0.05) is 27.8 Å². The molecule has 4 heteroatoms. The molecule has 1 N–H and O–H groups in total. The van der Waals surface area contributed by atoms with Crippen molar-refractivity contribution < 1.29 is 0 Å². The van der Waals surface area contributed by atoms with E-state index in [-0.39, 0.29) is 0 Å². The molecule has 1 aromatic rings. The molecule has 1 unspecified atom stereocenters. The zero-order chi connectivity index (χ0) is 8.97. The lowest BCUT2D eigenvalue weighted by molar-refractivity contribution is 0.597. The third-order valence-electron chi connectivity index (χ3n) is 1.53. The molecule has 0 aliphatic rings. The van der Waals surface area contributed by atoms with Crippen molar-refractivity contribution in [1.29, 1.82) is 0 Å². The van der Waals surface area contributed by atoms with E-state index in [1.54, 1.807) is 11.3 Å². The average molecular weight is 269 g/mol. The van der Waals surface area contributed by atoms with Crippen LogP contribution in [0, 0.1) is 0 Å². The van der Waals surface area contributed by atoms with E-state index in [0.717, 1.165) is 6.54 Å². The number of halogens is 2. The van der Waals surface area contributed by atoms with Gasteiger partial charge in [-0.25, -0.2) is 0 Å². The van der Waals surface area contributed by atoms with E-state index in [4.69, 9.17) is 11.6 Å². The van der Waals surface area contributed by atoms with E-state index in [1.165, 1.54) is 9.35 Å². The Bertz CT molecular complexity index is 239. The highest BCUT2D eigenvalue weighted by Gasteiger charge is 2.02. The Labute approximate surface area is 90.3 Å². The van der Waals surface area contributed by atoms with Crippen LogP contribution in [-0.2, 0) is 6.54 Å². The number of nitrogens with one attached hydrogen (secondary N) is 1. The average Bonchev–Trinajstić information content (AvgIpc) is 2.47. The standard InChI is InChI=1S/C8H11BrClNS/c1-6(4-10)11-5-8-7(9)2-3-12-8/h2-3,6,11H,4-5H2,1H3. The van der Waals surface area contributed by atoms with Crippen LogP contribution in [0.5, 0.6) is 0 Å². The van der Waals surface area contributed by atoms with Gasteiger partial charge >= 0.3 is 0 Å². The number of hydrogen-bond acceptors (Lipinski definition) is 2. The van der Waals surface area contributed by atoms with E-state index in [0.29, 0.717) is 11.9 Å². The van der Waals surface area contributed by atoms with Crippen molar-refractivity contribution in [3.8, 4) is 0 Å². The molecule has 0 saturated carbocycles. The Morgan fingerprint density at radius 2 is 2.50 bits per heavy atom. The third kappa shape index (κ3) is 3.05. The van der Waals surface area contributed by atoms with Crippen LogP contribution in [0.1, 0.15) is 11.8 Å². The minimum Gasteiger partial charge on any atom is -0.308 e. The molecule has 1 atom stereocenters. The van der Waals surface area contributed by atoms with Crippen molar-refractivity contribution >= 4 is 38.9 Å². The SMILES string of the molecule is CC(CCl)NCc1sccc1Br.